The minimum Gasteiger partial charge on any atom is -0.370 e. The molecule has 3 heterocycles. The number of rotatable bonds is 5. The van der Waals surface area contributed by atoms with Crippen LogP contribution >= 0.6 is 0 Å². The number of pyridine rings is 2. The molecule has 0 bridgehead atoms. The first kappa shape index (κ1) is 23.9. The fourth-order valence-electron chi connectivity index (χ4n) is 6.07. The van der Waals surface area contributed by atoms with Gasteiger partial charge < -0.3 is 10.6 Å². The minimum atomic E-state index is -0.340. The molecule has 1 aliphatic heterocycles. The maximum Gasteiger partial charge on any atom is 0.169 e. The van der Waals surface area contributed by atoms with Gasteiger partial charge in [0.15, 0.2) is 5.78 Å². The Morgan fingerprint density at radius 3 is 2.66 bits per heavy atom. The minimum absolute atomic E-state index is 0.0626. The van der Waals surface area contributed by atoms with E-state index in [1.54, 1.807) is 24.7 Å². The number of hydrogen-bond donors (Lipinski definition) is 1. The fourth-order valence-corrected chi connectivity index (χ4v) is 6.07. The van der Waals surface area contributed by atoms with Crippen molar-refractivity contribution < 1.29 is 9.18 Å². The summed E-state index contributed by atoms with van der Waals surface area (Å²) in [5.74, 6) is 0.489. The number of carbonyl (C=O) groups is 1. The first-order valence-electron chi connectivity index (χ1n) is 13.0. The summed E-state index contributed by atoms with van der Waals surface area (Å²) in [7, 11) is 0. The Kier molecular flexibility index (Phi) is 7.09. The van der Waals surface area contributed by atoms with Gasteiger partial charge in [-0.25, -0.2) is 4.39 Å². The van der Waals surface area contributed by atoms with E-state index < -0.39 is 0 Å². The number of ketones is 1. The molecule has 1 aromatic carbocycles. The summed E-state index contributed by atoms with van der Waals surface area (Å²) < 4.78 is 14.9. The highest BCUT2D eigenvalue weighted by atomic mass is 19.1. The molecular formula is C29H35FN4O. The number of fused-ring (bicyclic) bond motifs is 1. The van der Waals surface area contributed by atoms with Crippen LogP contribution in [0.15, 0.2) is 42.9 Å². The zero-order chi connectivity index (χ0) is 24.4. The second-order valence-electron chi connectivity index (χ2n) is 10.5. The zero-order valence-corrected chi connectivity index (χ0v) is 20.5. The number of carbonyl (C=O) groups excluding carboxylic acids is 1. The Labute approximate surface area is 206 Å². The normalized spacial score (nSPS) is 23.3. The number of Topliss-reactive ketones (excluding diaryl/α,β-unsaturated/α-hetero) is 1. The number of benzene rings is 1. The molecule has 0 amide bonds. The molecule has 2 aromatic heterocycles. The molecule has 2 N–H and O–H groups in total. The van der Waals surface area contributed by atoms with E-state index in [4.69, 9.17) is 5.73 Å². The van der Waals surface area contributed by atoms with Crippen LogP contribution in [0.1, 0.15) is 79.3 Å². The third kappa shape index (κ3) is 5.22. The van der Waals surface area contributed by atoms with Crippen molar-refractivity contribution in [1.29, 1.82) is 0 Å². The second kappa shape index (κ2) is 10.4. The van der Waals surface area contributed by atoms with E-state index in [1.165, 1.54) is 18.9 Å². The van der Waals surface area contributed by atoms with Crippen molar-refractivity contribution in [3.8, 4) is 0 Å². The lowest BCUT2D eigenvalue weighted by Gasteiger charge is -2.32. The lowest BCUT2D eigenvalue weighted by atomic mass is 9.75. The van der Waals surface area contributed by atoms with Crippen molar-refractivity contribution in [2.75, 3.05) is 18.0 Å². The van der Waals surface area contributed by atoms with Gasteiger partial charge in [-0.3, -0.25) is 14.8 Å². The summed E-state index contributed by atoms with van der Waals surface area (Å²) in [5.41, 5.74) is 10.2. The third-order valence-electron chi connectivity index (χ3n) is 7.77. The number of halogens is 1. The molecule has 5 nitrogen and oxygen atoms in total. The molecule has 5 rings (SSSR count). The van der Waals surface area contributed by atoms with Crippen molar-refractivity contribution >= 4 is 22.4 Å². The van der Waals surface area contributed by atoms with Crippen molar-refractivity contribution in [1.82, 2.24) is 9.97 Å². The van der Waals surface area contributed by atoms with Crippen LogP contribution in [0.4, 0.5) is 10.1 Å². The van der Waals surface area contributed by atoms with Crippen LogP contribution < -0.4 is 10.6 Å². The van der Waals surface area contributed by atoms with Crippen LogP contribution in [0.2, 0.25) is 0 Å². The largest absolute Gasteiger partial charge is 0.370 e. The molecule has 6 heteroatoms. The summed E-state index contributed by atoms with van der Waals surface area (Å²) in [6.07, 6.45) is 13.4. The van der Waals surface area contributed by atoms with Gasteiger partial charge in [-0.2, -0.15) is 0 Å². The molecule has 3 atom stereocenters. The highest BCUT2D eigenvalue weighted by molar-refractivity contribution is 6.08. The molecule has 1 saturated carbocycles. The van der Waals surface area contributed by atoms with Gasteiger partial charge >= 0.3 is 0 Å². The number of anilines is 1. The molecule has 35 heavy (non-hydrogen) atoms. The maximum atomic E-state index is 14.9. The molecule has 2 fully saturated rings. The van der Waals surface area contributed by atoms with Crippen molar-refractivity contribution in [3.05, 3.63) is 65.4 Å². The van der Waals surface area contributed by atoms with Crippen LogP contribution in [0.25, 0.3) is 10.9 Å². The average molecular weight is 475 g/mol. The van der Waals surface area contributed by atoms with E-state index in [9.17, 15) is 9.18 Å². The van der Waals surface area contributed by atoms with Gasteiger partial charge in [0.2, 0.25) is 0 Å². The summed E-state index contributed by atoms with van der Waals surface area (Å²) in [4.78, 5) is 24.7. The SMILES string of the molecule is C[C@@H]1C[C@H](N)C[C@H](c2ccncc2CC(=O)c2ccc(F)c3cc(N4CCCCCC4)cnc23)C1. The molecule has 3 aromatic rings. The van der Waals surface area contributed by atoms with E-state index in [-0.39, 0.29) is 24.1 Å². The molecule has 1 saturated heterocycles. The lowest BCUT2D eigenvalue weighted by Crippen LogP contribution is -2.31. The monoisotopic (exact) mass is 474 g/mol. The smallest absolute Gasteiger partial charge is 0.169 e. The molecule has 0 spiro atoms. The summed E-state index contributed by atoms with van der Waals surface area (Å²) in [5, 5.41) is 0.413. The van der Waals surface area contributed by atoms with E-state index >= 15 is 0 Å². The first-order valence-corrected chi connectivity index (χ1v) is 13.0. The molecule has 0 radical (unpaired) electrons. The Morgan fingerprint density at radius 1 is 1.09 bits per heavy atom. The van der Waals surface area contributed by atoms with Crippen LogP contribution in [-0.4, -0.2) is 34.9 Å². The summed E-state index contributed by atoms with van der Waals surface area (Å²) in [6.45, 7) is 4.16. The van der Waals surface area contributed by atoms with Gasteiger partial charge in [-0.1, -0.05) is 19.8 Å². The predicted octanol–water partition coefficient (Wildman–Crippen LogP) is 5.81. The lowest BCUT2D eigenvalue weighted by molar-refractivity contribution is 0.0994. The van der Waals surface area contributed by atoms with E-state index in [0.717, 1.165) is 62.0 Å². The third-order valence-corrected chi connectivity index (χ3v) is 7.77. The van der Waals surface area contributed by atoms with Crippen molar-refractivity contribution in [2.45, 2.75) is 70.3 Å². The highest BCUT2D eigenvalue weighted by Gasteiger charge is 2.28. The number of nitrogens with two attached hydrogens (primary N) is 1. The second-order valence-corrected chi connectivity index (χ2v) is 10.5. The highest BCUT2D eigenvalue weighted by Crippen LogP contribution is 2.37. The standard InChI is InChI=1S/C29H35FN4O/c1-19-12-20(14-22(31)13-19)24-8-9-32-17-21(24)15-28(35)25-6-7-27(30)26-16-23(18-33-29(25)26)34-10-4-2-3-5-11-34/h6-9,16-20,22H,2-5,10-15,31H2,1H3/t19-,20+,22-/m0/s1. The van der Waals surface area contributed by atoms with Crippen LogP contribution in [0.3, 0.4) is 0 Å². The Morgan fingerprint density at radius 2 is 1.89 bits per heavy atom. The van der Waals surface area contributed by atoms with Gasteiger partial charge in [0.1, 0.15) is 5.82 Å². The predicted molar refractivity (Wildman–Crippen MR) is 138 cm³/mol. The first-order chi connectivity index (χ1) is 17.0. The van der Waals surface area contributed by atoms with Gasteiger partial charge in [-0.05, 0) is 79.3 Å². The number of hydrogen-bond acceptors (Lipinski definition) is 5. The number of nitrogens with zero attached hydrogens (tertiary/aromatic N) is 3. The van der Waals surface area contributed by atoms with Crippen LogP contribution in [-0.2, 0) is 6.42 Å². The van der Waals surface area contributed by atoms with Gasteiger partial charge in [0.25, 0.3) is 0 Å². The summed E-state index contributed by atoms with van der Waals surface area (Å²) >= 11 is 0. The summed E-state index contributed by atoms with van der Waals surface area (Å²) in [6, 6.07) is 7.05. The van der Waals surface area contributed by atoms with Gasteiger partial charge in [0.05, 0.1) is 17.4 Å². The molecule has 1 aliphatic carbocycles. The quantitative estimate of drug-likeness (QED) is 0.473. The van der Waals surface area contributed by atoms with Crippen LogP contribution in [0.5, 0.6) is 0 Å². The molecule has 0 unspecified atom stereocenters. The molecular weight excluding hydrogens is 439 g/mol. The van der Waals surface area contributed by atoms with Crippen molar-refractivity contribution in [3.63, 3.8) is 0 Å². The Hall–Kier alpha value is -2.86. The maximum absolute atomic E-state index is 14.9. The van der Waals surface area contributed by atoms with Gasteiger partial charge in [-0.15, -0.1) is 0 Å². The molecule has 2 aliphatic rings. The van der Waals surface area contributed by atoms with E-state index in [1.807, 2.05) is 12.1 Å². The fraction of sp³-hybridized carbons (Fsp3) is 0.483. The Bertz CT molecular complexity index is 1190. The molecule has 184 valence electrons. The van der Waals surface area contributed by atoms with E-state index in [2.05, 4.69) is 21.8 Å². The average Bonchev–Trinajstić information content (AvgIpc) is 3.13. The van der Waals surface area contributed by atoms with E-state index in [0.29, 0.717) is 28.3 Å². The topological polar surface area (TPSA) is 72.1 Å². The van der Waals surface area contributed by atoms with Gasteiger partial charge in [0, 0.05) is 48.9 Å². The zero-order valence-electron chi connectivity index (χ0n) is 20.5. The number of aromatic nitrogens is 2. The Balaban J connectivity index is 1.43. The van der Waals surface area contributed by atoms with Crippen LogP contribution in [0, 0.1) is 11.7 Å². The van der Waals surface area contributed by atoms with Crippen molar-refractivity contribution in [2.24, 2.45) is 11.7 Å².